The van der Waals surface area contributed by atoms with Gasteiger partial charge in [0.25, 0.3) is 5.91 Å². The summed E-state index contributed by atoms with van der Waals surface area (Å²) < 4.78 is 0.876. The molecule has 3 N–H and O–H groups in total. The fourth-order valence-corrected chi connectivity index (χ4v) is 1.70. The summed E-state index contributed by atoms with van der Waals surface area (Å²) >= 11 is 7.88. The van der Waals surface area contributed by atoms with Crippen LogP contribution in [0, 0.1) is 3.57 Å². The van der Waals surface area contributed by atoms with E-state index in [2.05, 4.69) is 27.9 Å². The highest BCUT2D eigenvalue weighted by Gasteiger charge is 2.09. The summed E-state index contributed by atoms with van der Waals surface area (Å²) in [6.45, 7) is 0.907. The van der Waals surface area contributed by atoms with Gasteiger partial charge in [-0.2, -0.15) is 0 Å². The molecule has 76 valence electrons. The minimum Gasteiger partial charge on any atom is -0.351 e. The third kappa shape index (κ3) is 3.11. The van der Waals surface area contributed by atoms with Gasteiger partial charge in [0.15, 0.2) is 0 Å². The van der Waals surface area contributed by atoms with Crippen LogP contribution in [0.2, 0.25) is 5.02 Å². The number of nitrogens with two attached hydrogens (primary N) is 1. The summed E-state index contributed by atoms with van der Waals surface area (Å²) in [5.41, 5.74) is 5.87. The summed E-state index contributed by atoms with van der Waals surface area (Å²) in [5.74, 6) is -0.137. The molecule has 0 aliphatic rings. The molecule has 0 spiro atoms. The van der Waals surface area contributed by atoms with Crippen LogP contribution in [0.4, 0.5) is 0 Å². The Morgan fingerprint density at radius 1 is 1.57 bits per heavy atom. The summed E-state index contributed by atoms with van der Waals surface area (Å²) in [7, 11) is 0. The molecule has 0 fully saturated rings. The summed E-state index contributed by atoms with van der Waals surface area (Å²) in [5, 5.41) is 3.25. The Balaban J connectivity index is 2.83. The van der Waals surface area contributed by atoms with Crippen molar-refractivity contribution in [2.24, 2.45) is 5.73 Å². The zero-order valence-electron chi connectivity index (χ0n) is 7.39. The maximum Gasteiger partial charge on any atom is 0.252 e. The molecule has 0 radical (unpaired) electrons. The lowest BCUT2D eigenvalue weighted by Gasteiger charge is -2.05. The summed E-state index contributed by atoms with van der Waals surface area (Å²) in [4.78, 5) is 11.5. The predicted molar refractivity (Wildman–Crippen MR) is 65.6 cm³/mol. The molecule has 0 aliphatic carbocycles. The Labute approximate surface area is 101 Å². The number of carbonyl (C=O) groups excluding carboxylic acids is 1. The summed E-state index contributed by atoms with van der Waals surface area (Å²) in [6.07, 6.45) is 0. The molecule has 5 heteroatoms. The van der Waals surface area contributed by atoms with Crippen LogP contribution in [0.1, 0.15) is 10.4 Å². The highest BCUT2D eigenvalue weighted by Crippen LogP contribution is 2.17. The third-order valence-electron chi connectivity index (χ3n) is 1.60. The number of amides is 1. The van der Waals surface area contributed by atoms with Crippen LogP contribution in [-0.4, -0.2) is 19.0 Å². The molecule has 0 unspecified atom stereocenters. The molecule has 0 aliphatic heterocycles. The van der Waals surface area contributed by atoms with Crippen LogP contribution in [0.3, 0.4) is 0 Å². The highest BCUT2D eigenvalue weighted by atomic mass is 127. The van der Waals surface area contributed by atoms with Crippen LogP contribution < -0.4 is 11.1 Å². The molecule has 0 bridgehead atoms. The van der Waals surface area contributed by atoms with Crippen molar-refractivity contribution in [3.05, 3.63) is 32.4 Å². The van der Waals surface area contributed by atoms with Crippen molar-refractivity contribution in [3.63, 3.8) is 0 Å². The second kappa shape index (κ2) is 5.53. The maximum absolute atomic E-state index is 11.5. The smallest absolute Gasteiger partial charge is 0.252 e. The zero-order valence-corrected chi connectivity index (χ0v) is 10.3. The van der Waals surface area contributed by atoms with E-state index in [4.69, 9.17) is 17.3 Å². The molecule has 1 amide bonds. The van der Waals surface area contributed by atoms with E-state index in [-0.39, 0.29) is 5.91 Å². The second-order valence-corrected chi connectivity index (χ2v) is 4.27. The third-order valence-corrected chi connectivity index (χ3v) is 2.78. The number of nitrogens with one attached hydrogen (secondary N) is 1. The fraction of sp³-hybridized carbons (Fsp3) is 0.222. The van der Waals surface area contributed by atoms with Crippen molar-refractivity contribution in [3.8, 4) is 0 Å². The molecule has 0 atom stereocenters. The van der Waals surface area contributed by atoms with Crippen molar-refractivity contribution in [1.29, 1.82) is 0 Å². The number of hydrogen-bond acceptors (Lipinski definition) is 2. The van der Waals surface area contributed by atoms with E-state index in [0.29, 0.717) is 23.7 Å². The Morgan fingerprint density at radius 3 is 2.93 bits per heavy atom. The Kier molecular flexibility index (Phi) is 4.64. The second-order valence-electron chi connectivity index (χ2n) is 2.67. The Bertz CT molecular complexity index is 344. The van der Waals surface area contributed by atoms with Gasteiger partial charge in [0.1, 0.15) is 0 Å². The Morgan fingerprint density at radius 2 is 2.29 bits per heavy atom. The zero-order chi connectivity index (χ0) is 10.6. The lowest BCUT2D eigenvalue weighted by Crippen LogP contribution is -2.29. The Hall–Kier alpha value is -0.330. The van der Waals surface area contributed by atoms with Crippen LogP contribution in [0.25, 0.3) is 0 Å². The van der Waals surface area contributed by atoms with Crippen molar-refractivity contribution in [2.75, 3.05) is 13.1 Å². The number of hydrogen-bond donors (Lipinski definition) is 2. The molecule has 0 saturated heterocycles. The van der Waals surface area contributed by atoms with Crippen LogP contribution in [0.15, 0.2) is 18.2 Å². The van der Waals surface area contributed by atoms with Gasteiger partial charge in [0, 0.05) is 21.7 Å². The van der Waals surface area contributed by atoms with Gasteiger partial charge in [-0.1, -0.05) is 11.6 Å². The van der Waals surface area contributed by atoms with E-state index in [9.17, 15) is 4.79 Å². The predicted octanol–water partition coefficient (Wildman–Crippen LogP) is 1.63. The molecule has 1 rings (SSSR count). The number of rotatable bonds is 3. The SMILES string of the molecule is NCCNC(=O)c1cc(Cl)ccc1I. The average Bonchev–Trinajstić information content (AvgIpc) is 2.18. The highest BCUT2D eigenvalue weighted by molar-refractivity contribution is 14.1. The minimum absolute atomic E-state index is 0.137. The quantitative estimate of drug-likeness (QED) is 0.831. The van der Waals surface area contributed by atoms with Gasteiger partial charge in [-0.3, -0.25) is 4.79 Å². The van der Waals surface area contributed by atoms with Crippen LogP contribution in [-0.2, 0) is 0 Å². The first kappa shape index (κ1) is 11.7. The van der Waals surface area contributed by atoms with E-state index < -0.39 is 0 Å². The first-order valence-corrected chi connectivity index (χ1v) is 5.54. The molecule has 0 heterocycles. The molecule has 0 saturated carbocycles. The first-order chi connectivity index (χ1) is 6.65. The van der Waals surface area contributed by atoms with Gasteiger partial charge in [-0.25, -0.2) is 0 Å². The van der Waals surface area contributed by atoms with Gasteiger partial charge in [0.05, 0.1) is 5.56 Å². The molecular formula is C9H10ClIN2O. The minimum atomic E-state index is -0.137. The van der Waals surface area contributed by atoms with Gasteiger partial charge in [-0.15, -0.1) is 0 Å². The number of halogens is 2. The van der Waals surface area contributed by atoms with Crippen LogP contribution in [0.5, 0.6) is 0 Å². The van der Waals surface area contributed by atoms with Crippen molar-refractivity contribution < 1.29 is 4.79 Å². The normalized spacial score (nSPS) is 9.93. The van der Waals surface area contributed by atoms with Gasteiger partial charge < -0.3 is 11.1 Å². The maximum atomic E-state index is 11.5. The lowest BCUT2D eigenvalue weighted by atomic mass is 10.2. The van der Waals surface area contributed by atoms with Crippen molar-refractivity contribution >= 4 is 40.1 Å². The first-order valence-electron chi connectivity index (χ1n) is 4.08. The van der Waals surface area contributed by atoms with Crippen LogP contribution >= 0.6 is 34.2 Å². The van der Waals surface area contributed by atoms with Crippen molar-refractivity contribution in [1.82, 2.24) is 5.32 Å². The largest absolute Gasteiger partial charge is 0.351 e. The molecule has 14 heavy (non-hydrogen) atoms. The van der Waals surface area contributed by atoms with Gasteiger partial charge in [0.2, 0.25) is 0 Å². The summed E-state index contributed by atoms with van der Waals surface area (Å²) in [6, 6.07) is 5.21. The molecule has 3 nitrogen and oxygen atoms in total. The van der Waals surface area contributed by atoms with E-state index in [1.54, 1.807) is 18.2 Å². The van der Waals surface area contributed by atoms with E-state index in [0.717, 1.165) is 3.57 Å². The number of carbonyl (C=O) groups is 1. The van der Waals surface area contributed by atoms with Crippen molar-refractivity contribution in [2.45, 2.75) is 0 Å². The number of benzene rings is 1. The average molecular weight is 325 g/mol. The van der Waals surface area contributed by atoms with E-state index in [1.165, 1.54) is 0 Å². The molecule has 0 aromatic heterocycles. The van der Waals surface area contributed by atoms with E-state index >= 15 is 0 Å². The lowest BCUT2D eigenvalue weighted by molar-refractivity contribution is 0.0954. The van der Waals surface area contributed by atoms with Gasteiger partial charge in [-0.05, 0) is 40.8 Å². The molecular weight excluding hydrogens is 314 g/mol. The topological polar surface area (TPSA) is 55.1 Å². The van der Waals surface area contributed by atoms with E-state index in [1.807, 2.05) is 0 Å². The fourth-order valence-electron chi connectivity index (χ4n) is 0.952. The standard InChI is InChI=1S/C9H10ClIN2O/c10-6-1-2-8(11)7(5-6)9(14)13-4-3-12/h1-2,5H,3-4,12H2,(H,13,14). The monoisotopic (exact) mass is 324 g/mol. The van der Waals surface area contributed by atoms with Gasteiger partial charge >= 0.3 is 0 Å². The molecule has 1 aromatic carbocycles. The molecule has 1 aromatic rings.